The van der Waals surface area contributed by atoms with Gasteiger partial charge < -0.3 is 4.79 Å². The number of hydrogen-bond acceptors (Lipinski definition) is 1. The second-order valence-electron chi connectivity index (χ2n) is 5.04. The normalized spacial score (nSPS) is 29.8. The number of hydrogen-bond donors (Lipinski definition) is 0. The first-order valence-electron chi connectivity index (χ1n) is 5.62. The quantitative estimate of drug-likeness (QED) is 0.566. The van der Waals surface area contributed by atoms with E-state index < -0.39 is 0 Å². The Bertz CT molecular complexity index is 161. The van der Waals surface area contributed by atoms with E-state index in [1.165, 1.54) is 44.8 Å². The summed E-state index contributed by atoms with van der Waals surface area (Å²) in [4.78, 5) is 11.0. The van der Waals surface area contributed by atoms with Gasteiger partial charge in [0.25, 0.3) is 0 Å². The topological polar surface area (TPSA) is 17.1 Å². The second-order valence-corrected chi connectivity index (χ2v) is 5.04. The lowest BCUT2D eigenvalue weighted by Gasteiger charge is -2.30. The molecule has 1 nitrogen and oxygen atoms in total. The molecule has 0 aromatic rings. The van der Waals surface area contributed by atoms with Crippen LogP contribution in [0.25, 0.3) is 0 Å². The number of carbonyl (C=O) groups excluding carboxylic acids is 1. The molecule has 1 fully saturated rings. The molecule has 0 radical (unpaired) electrons. The maximum absolute atomic E-state index is 11.0. The minimum atomic E-state index is 0.242. The largest absolute Gasteiger partial charge is 0.303 e. The minimum Gasteiger partial charge on any atom is -0.303 e. The van der Waals surface area contributed by atoms with Gasteiger partial charge in [0.1, 0.15) is 6.29 Å². The molecule has 0 aromatic carbocycles. The molecule has 76 valence electrons. The molecule has 1 heteroatoms. The van der Waals surface area contributed by atoms with E-state index in [9.17, 15) is 4.79 Å². The van der Waals surface area contributed by atoms with Crippen LogP contribution in [-0.2, 0) is 4.79 Å². The SMILES string of the molecule is CC1(C)CCCCCCCC1C=O. The van der Waals surface area contributed by atoms with Crippen molar-refractivity contribution in [3.05, 3.63) is 0 Å². The Morgan fingerprint density at radius 1 is 1.08 bits per heavy atom. The van der Waals surface area contributed by atoms with Crippen molar-refractivity contribution in [2.75, 3.05) is 0 Å². The summed E-state index contributed by atoms with van der Waals surface area (Å²) >= 11 is 0. The van der Waals surface area contributed by atoms with Crippen LogP contribution >= 0.6 is 0 Å². The maximum Gasteiger partial charge on any atom is 0.123 e. The van der Waals surface area contributed by atoms with Crippen molar-refractivity contribution in [1.82, 2.24) is 0 Å². The second kappa shape index (κ2) is 4.78. The fourth-order valence-corrected chi connectivity index (χ4v) is 2.30. The Morgan fingerprint density at radius 3 is 2.38 bits per heavy atom. The molecule has 1 aliphatic carbocycles. The smallest absolute Gasteiger partial charge is 0.123 e. The van der Waals surface area contributed by atoms with Gasteiger partial charge in [0.05, 0.1) is 0 Å². The predicted molar refractivity (Wildman–Crippen MR) is 55.7 cm³/mol. The summed E-state index contributed by atoms with van der Waals surface area (Å²) in [5.74, 6) is 0.297. The molecule has 0 heterocycles. The maximum atomic E-state index is 11.0. The van der Waals surface area contributed by atoms with E-state index in [0.29, 0.717) is 5.92 Å². The van der Waals surface area contributed by atoms with Crippen LogP contribution < -0.4 is 0 Å². The Balaban J connectivity index is 2.58. The lowest BCUT2D eigenvalue weighted by molar-refractivity contribution is -0.114. The molecule has 0 aliphatic heterocycles. The molecule has 1 saturated carbocycles. The summed E-state index contributed by atoms with van der Waals surface area (Å²) < 4.78 is 0. The van der Waals surface area contributed by atoms with Crippen LogP contribution in [-0.4, -0.2) is 6.29 Å². The third kappa shape index (κ3) is 3.13. The van der Waals surface area contributed by atoms with Gasteiger partial charge in [0.15, 0.2) is 0 Å². The third-order valence-electron chi connectivity index (χ3n) is 3.50. The number of carbonyl (C=O) groups is 1. The van der Waals surface area contributed by atoms with Crippen molar-refractivity contribution in [2.45, 2.75) is 58.8 Å². The molecule has 1 atom stereocenters. The van der Waals surface area contributed by atoms with Crippen molar-refractivity contribution in [2.24, 2.45) is 11.3 Å². The monoisotopic (exact) mass is 182 g/mol. The minimum absolute atomic E-state index is 0.242. The van der Waals surface area contributed by atoms with Gasteiger partial charge in [0.2, 0.25) is 0 Å². The van der Waals surface area contributed by atoms with E-state index >= 15 is 0 Å². The average Bonchev–Trinajstić information content (AvgIpc) is 2.15. The Morgan fingerprint density at radius 2 is 1.69 bits per heavy atom. The van der Waals surface area contributed by atoms with Gasteiger partial charge in [-0.2, -0.15) is 0 Å². The van der Waals surface area contributed by atoms with Crippen LogP contribution in [0.5, 0.6) is 0 Å². The van der Waals surface area contributed by atoms with Gasteiger partial charge in [-0.25, -0.2) is 0 Å². The molecular formula is C12H22O. The first kappa shape index (κ1) is 10.7. The Hall–Kier alpha value is -0.330. The molecule has 0 aromatic heterocycles. The summed E-state index contributed by atoms with van der Waals surface area (Å²) in [6.07, 6.45) is 10.1. The van der Waals surface area contributed by atoms with E-state index in [4.69, 9.17) is 0 Å². The lowest BCUT2D eigenvalue weighted by atomic mass is 9.74. The van der Waals surface area contributed by atoms with E-state index in [1.807, 2.05) is 0 Å². The van der Waals surface area contributed by atoms with Gasteiger partial charge in [-0.05, 0) is 18.3 Å². The zero-order chi connectivity index (χ0) is 9.73. The molecule has 0 bridgehead atoms. The first-order valence-corrected chi connectivity index (χ1v) is 5.62. The van der Waals surface area contributed by atoms with Crippen LogP contribution in [0, 0.1) is 11.3 Å². The summed E-state index contributed by atoms with van der Waals surface area (Å²) in [5, 5.41) is 0. The van der Waals surface area contributed by atoms with Crippen LogP contribution in [0.4, 0.5) is 0 Å². The van der Waals surface area contributed by atoms with Crippen LogP contribution in [0.3, 0.4) is 0 Å². The zero-order valence-corrected chi connectivity index (χ0v) is 9.01. The summed E-state index contributed by atoms with van der Waals surface area (Å²) in [6, 6.07) is 0. The zero-order valence-electron chi connectivity index (χ0n) is 9.01. The van der Waals surface area contributed by atoms with Crippen molar-refractivity contribution in [1.29, 1.82) is 0 Å². The first-order chi connectivity index (χ1) is 6.17. The average molecular weight is 182 g/mol. The molecule has 0 saturated heterocycles. The van der Waals surface area contributed by atoms with Crippen LogP contribution in [0.1, 0.15) is 58.8 Å². The number of rotatable bonds is 1. The van der Waals surface area contributed by atoms with Gasteiger partial charge in [0, 0.05) is 5.92 Å². The molecule has 0 amide bonds. The van der Waals surface area contributed by atoms with E-state index in [0.717, 1.165) is 6.42 Å². The third-order valence-corrected chi connectivity index (χ3v) is 3.50. The van der Waals surface area contributed by atoms with Crippen LogP contribution in [0.15, 0.2) is 0 Å². The predicted octanol–water partition coefficient (Wildman–Crippen LogP) is 3.57. The summed E-state index contributed by atoms with van der Waals surface area (Å²) in [6.45, 7) is 4.49. The Labute approximate surface area is 81.9 Å². The molecule has 1 aliphatic rings. The fourth-order valence-electron chi connectivity index (χ4n) is 2.30. The van der Waals surface area contributed by atoms with Gasteiger partial charge in [-0.1, -0.05) is 46.0 Å². The molecule has 0 N–H and O–H groups in total. The van der Waals surface area contributed by atoms with Crippen molar-refractivity contribution >= 4 is 6.29 Å². The van der Waals surface area contributed by atoms with Gasteiger partial charge in [-0.3, -0.25) is 0 Å². The highest BCUT2D eigenvalue weighted by Gasteiger charge is 2.28. The highest BCUT2D eigenvalue weighted by atomic mass is 16.1. The van der Waals surface area contributed by atoms with Crippen LogP contribution in [0.2, 0.25) is 0 Å². The standard InChI is InChI=1S/C12H22O/c1-12(2)9-7-5-3-4-6-8-11(12)10-13/h10-11H,3-9H2,1-2H3. The molecule has 0 spiro atoms. The van der Waals surface area contributed by atoms with Gasteiger partial charge >= 0.3 is 0 Å². The van der Waals surface area contributed by atoms with Gasteiger partial charge in [-0.15, -0.1) is 0 Å². The molecule has 13 heavy (non-hydrogen) atoms. The highest BCUT2D eigenvalue weighted by Crippen LogP contribution is 2.36. The molecule has 1 rings (SSSR count). The molecule has 1 unspecified atom stereocenters. The van der Waals surface area contributed by atoms with Crippen molar-refractivity contribution < 1.29 is 4.79 Å². The highest BCUT2D eigenvalue weighted by molar-refractivity contribution is 5.54. The van der Waals surface area contributed by atoms with E-state index in [1.54, 1.807) is 0 Å². The Kier molecular flexibility index (Phi) is 3.95. The summed E-state index contributed by atoms with van der Waals surface area (Å²) in [5.41, 5.74) is 0.242. The van der Waals surface area contributed by atoms with E-state index in [-0.39, 0.29) is 5.41 Å². The fraction of sp³-hybridized carbons (Fsp3) is 0.917. The van der Waals surface area contributed by atoms with Crippen molar-refractivity contribution in [3.8, 4) is 0 Å². The number of aldehydes is 1. The summed E-state index contributed by atoms with van der Waals surface area (Å²) in [7, 11) is 0. The van der Waals surface area contributed by atoms with Crippen molar-refractivity contribution in [3.63, 3.8) is 0 Å². The lowest BCUT2D eigenvalue weighted by Crippen LogP contribution is -2.25. The molecular weight excluding hydrogens is 160 g/mol. The van der Waals surface area contributed by atoms with E-state index in [2.05, 4.69) is 13.8 Å².